The lowest BCUT2D eigenvalue weighted by atomic mass is 9.76. The number of anilines is 2. The van der Waals surface area contributed by atoms with Crippen molar-refractivity contribution >= 4 is 17.3 Å². The fraction of sp³-hybridized carbons (Fsp3) is 0.138. The van der Waals surface area contributed by atoms with Crippen molar-refractivity contribution in [2.75, 3.05) is 5.32 Å². The number of hydrogen-bond acceptors (Lipinski definition) is 4. The molecule has 0 radical (unpaired) electrons. The van der Waals surface area contributed by atoms with Gasteiger partial charge in [-0.15, -0.1) is 0 Å². The fourth-order valence-electron chi connectivity index (χ4n) is 5.12. The SMILES string of the molecule is Cc1ccc(Nc2ccc(C)c3c2C2(OC3=O)c3ccccc3Oc3ccccc32)c(C)c1. The summed E-state index contributed by atoms with van der Waals surface area (Å²) < 4.78 is 12.6. The lowest BCUT2D eigenvalue weighted by Gasteiger charge is -2.37. The molecular weight excluding hydrogens is 410 g/mol. The first kappa shape index (κ1) is 19.6. The van der Waals surface area contributed by atoms with Gasteiger partial charge in [-0.3, -0.25) is 0 Å². The Bertz CT molecular complexity index is 1410. The molecule has 0 aromatic heterocycles. The maximum atomic E-state index is 13.4. The molecule has 4 nitrogen and oxygen atoms in total. The van der Waals surface area contributed by atoms with E-state index in [0.717, 1.165) is 39.2 Å². The molecule has 0 fully saturated rings. The molecule has 0 bridgehead atoms. The summed E-state index contributed by atoms with van der Waals surface area (Å²) in [5.74, 6) is 1.06. The Hall–Kier alpha value is -4.05. The summed E-state index contributed by atoms with van der Waals surface area (Å²) in [4.78, 5) is 13.4. The van der Waals surface area contributed by atoms with Gasteiger partial charge in [-0.05, 0) is 56.2 Å². The molecule has 0 unspecified atom stereocenters. The first-order chi connectivity index (χ1) is 16.0. The second-order valence-electron chi connectivity index (χ2n) is 8.79. The number of carbonyl (C=O) groups is 1. The summed E-state index contributed by atoms with van der Waals surface area (Å²) in [6.45, 7) is 6.12. The number of fused-ring (bicyclic) bond motifs is 6. The summed E-state index contributed by atoms with van der Waals surface area (Å²) >= 11 is 0. The zero-order chi connectivity index (χ0) is 22.7. The van der Waals surface area contributed by atoms with Crippen LogP contribution in [0.5, 0.6) is 11.5 Å². The highest BCUT2D eigenvalue weighted by molar-refractivity contribution is 6.01. The Morgan fingerprint density at radius 3 is 2.03 bits per heavy atom. The Labute approximate surface area is 192 Å². The van der Waals surface area contributed by atoms with Crippen molar-refractivity contribution in [2.24, 2.45) is 0 Å². The normalized spacial score (nSPS) is 14.7. The van der Waals surface area contributed by atoms with Crippen LogP contribution in [-0.2, 0) is 10.3 Å². The molecule has 0 saturated carbocycles. The second kappa shape index (κ2) is 6.97. The van der Waals surface area contributed by atoms with Crippen molar-refractivity contribution in [2.45, 2.75) is 26.4 Å². The van der Waals surface area contributed by atoms with E-state index in [-0.39, 0.29) is 5.97 Å². The van der Waals surface area contributed by atoms with Gasteiger partial charge in [-0.25, -0.2) is 4.79 Å². The van der Waals surface area contributed by atoms with Crippen molar-refractivity contribution in [1.82, 2.24) is 0 Å². The summed E-state index contributed by atoms with van der Waals surface area (Å²) in [5.41, 5.74) is 7.06. The lowest BCUT2D eigenvalue weighted by Crippen LogP contribution is -2.33. The minimum absolute atomic E-state index is 0.321. The van der Waals surface area contributed by atoms with E-state index in [0.29, 0.717) is 17.1 Å². The van der Waals surface area contributed by atoms with Gasteiger partial charge in [0.25, 0.3) is 0 Å². The first-order valence-corrected chi connectivity index (χ1v) is 11.1. The fourth-order valence-corrected chi connectivity index (χ4v) is 5.12. The van der Waals surface area contributed by atoms with Crippen molar-refractivity contribution in [3.8, 4) is 11.5 Å². The van der Waals surface area contributed by atoms with Gasteiger partial charge >= 0.3 is 5.97 Å². The molecule has 6 rings (SSSR count). The number of hydrogen-bond donors (Lipinski definition) is 1. The van der Waals surface area contributed by atoms with Gasteiger partial charge < -0.3 is 14.8 Å². The van der Waals surface area contributed by atoms with Crippen LogP contribution < -0.4 is 10.1 Å². The van der Waals surface area contributed by atoms with Crippen LogP contribution in [0.4, 0.5) is 11.4 Å². The zero-order valence-corrected chi connectivity index (χ0v) is 18.7. The maximum Gasteiger partial charge on any atom is 0.340 e. The number of carbonyl (C=O) groups excluding carboxylic acids is 1. The molecule has 0 saturated heterocycles. The molecule has 0 atom stereocenters. The number of ether oxygens (including phenoxy) is 2. The smallest absolute Gasteiger partial charge is 0.340 e. The van der Waals surface area contributed by atoms with Gasteiger partial charge in [-0.2, -0.15) is 0 Å². The minimum atomic E-state index is -1.09. The van der Waals surface area contributed by atoms with E-state index in [1.54, 1.807) is 0 Å². The number of aryl methyl sites for hydroxylation is 3. The molecule has 4 aromatic rings. The van der Waals surface area contributed by atoms with Crippen LogP contribution >= 0.6 is 0 Å². The van der Waals surface area contributed by atoms with Gasteiger partial charge in [0.05, 0.1) is 5.56 Å². The van der Waals surface area contributed by atoms with Crippen molar-refractivity contribution in [1.29, 1.82) is 0 Å². The summed E-state index contributed by atoms with van der Waals surface area (Å²) in [6.07, 6.45) is 0. The third-order valence-corrected chi connectivity index (χ3v) is 6.62. The molecule has 0 aliphatic carbocycles. The van der Waals surface area contributed by atoms with Gasteiger partial charge in [-0.1, -0.05) is 60.2 Å². The summed E-state index contributed by atoms with van der Waals surface area (Å²) in [7, 11) is 0. The van der Waals surface area contributed by atoms with Crippen molar-refractivity contribution < 1.29 is 14.3 Å². The van der Waals surface area contributed by atoms with Crippen LogP contribution in [-0.4, -0.2) is 5.97 Å². The maximum absolute atomic E-state index is 13.4. The van der Waals surface area contributed by atoms with E-state index in [1.807, 2.05) is 67.6 Å². The Balaban J connectivity index is 1.67. The topological polar surface area (TPSA) is 47.6 Å². The highest BCUT2D eigenvalue weighted by atomic mass is 16.6. The van der Waals surface area contributed by atoms with Crippen molar-refractivity contribution in [3.05, 3.63) is 118 Å². The predicted octanol–water partition coefficient (Wildman–Crippen LogP) is 6.92. The van der Waals surface area contributed by atoms with E-state index in [9.17, 15) is 4.79 Å². The molecule has 4 heteroatoms. The standard InChI is InChI=1S/C29H23NO3/c1-17-12-14-22(19(3)16-17)30-23-15-13-18(2)26-27(23)29(33-28(26)31)20-8-4-6-10-24(20)32-25-11-7-5-9-21(25)29/h4-16,30H,1-3H3. The van der Waals surface area contributed by atoms with Gasteiger partial charge in [0, 0.05) is 28.1 Å². The molecule has 1 N–H and O–H groups in total. The lowest BCUT2D eigenvalue weighted by molar-refractivity contribution is 0.0225. The number of nitrogens with one attached hydrogen (secondary N) is 1. The van der Waals surface area contributed by atoms with Crippen molar-refractivity contribution in [3.63, 3.8) is 0 Å². The Kier molecular flexibility index (Phi) is 4.15. The summed E-state index contributed by atoms with van der Waals surface area (Å²) in [6, 6.07) is 25.9. The molecule has 33 heavy (non-hydrogen) atoms. The largest absolute Gasteiger partial charge is 0.456 e. The third-order valence-electron chi connectivity index (χ3n) is 6.62. The zero-order valence-electron chi connectivity index (χ0n) is 18.7. The highest BCUT2D eigenvalue weighted by Gasteiger charge is 2.55. The highest BCUT2D eigenvalue weighted by Crippen LogP contribution is 2.58. The van der Waals surface area contributed by atoms with E-state index in [4.69, 9.17) is 9.47 Å². The van der Waals surface area contributed by atoms with Crippen LogP contribution in [0.15, 0.2) is 78.9 Å². The Morgan fingerprint density at radius 2 is 1.36 bits per heavy atom. The minimum Gasteiger partial charge on any atom is -0.456 e. The van der Waals surface area contributed by atoms with Crippen LogP contribution in [0, 0.1) is 20.8 Å². The molecule has 2 heterocycles. The Morgan fingerprint density at radius 1 is 0.727 bits per heavy atom. The molecule has 2 aliphatic heterocycles. The number of benzene rings is 4. The quantitative estimate of drug-likeness (QED) is 0.349. The first-order valence-electron chi connectivity index (χ1n) is 11.1. The van der Waals surface area contributed by atoms with Gasteiger partial charge in [0.15, 0.2) is 5.60 Å². The van der Waals surface area contributed by atoms with E-state index in [2.05, 4.69) is 37.4 Å². The number of para-hydroxylation sites is 2. The van der Waals surface area contributed by atoms with Crippen LogP contribution in [0.2, 0.25) is 0 Å². The molecule has 162 valence electrons. The molecule has 4 aromatic carbocycles. The molecular formula is C29H23NO3. The second-order valence-corrected chi connectivity index (χ2v) is 8.79. The van der Waals surface area contributed by atoms with E-state index >= 15 is 0 Å². The molecule has 1 spiro atoms. The van der Waals surface area contributed by atoms with Gasteiger partial charge in [0.2, 0.25) is 0 Å². The number of rotatable bonds is 2. The number of esters is 1. The average Bonchev–Trinajstić information content (AvgIpc) is 3.12. The summed E-state index contributed by atoms with van der Waals surface area (Å²) in [5, 5.41) is 3.61. The monoisotopic (exact) mass is 433 g/mol. The molecule has 2 aliphatic rings. The average molecular weight is 434 g/mol. The molecule has 0 amide bonds. The van der Waals surface area contributed by atoms with Crippen LogP contribution in [0.3, 0.4) is 0 Å². The van der Waals surface area contributed by atoms with E-state index < -0.39 is 5.60 Å². The predicted molar refractivity (Wildman–Crippen MR) is 129 cm³/mol. The third kappa shape index (κ3) is 2.74. The van der Waals surface area contributed by atoms with Crippen LogP contribution in [0.1, 0.15) is 43.7 Å². The van der Waals surface area contributed by atoms with Crippen LogP contribution in [0.25, 0.3) is 0 Å². The van der Waals surface area contributed by atoms with Gasteiger partial charge in [0.1, 0.15) is 11.5 Å². The van der Waals surface area contributed by atoms with E-state index in [1.165, 1.54) is 5.56 Å².